The Balaban J connectivity index is 1.84. The lowest BCUT2D eigenvalue weighted by atomic mass is 10.2. The number of likely N-dealkylation sites (N-methyl/N-ethyl adjacent to an activating group) is 1. The molecule has 0 spiro atoms. The molecule has 0 aliphatic rings. The van der Waals surface area contributed by atoms with E-state index in [1.54, 1.807) is 6.20 Å². The summed E-state index contributed by atoms with van der Waals surface area (Å²) in [5.41, 5.74) is 2.34. The standard InChI is InChI=1S/C21H25N5/c1-25(2)16-15-23-21-22-14-13-20(24-21)26(19-11-7-4-8-12-19)17-18-9-5-3-6-10-18/h3-14H,15-17H2,1-2H3,(H,22,23,24). The molecule has 134 valence electrons. The van der Waals surface area contributed by atoms with Crippen molar-refractivity contribution >= 4 is 17.5 Å². The van der Waals surface area contributed by atoms with Gasteiger partial charge in [0, 0.05) is 31.5 Å². The van der Waals surface area contributed by atoms with Gasteiger partial charge in [0.25, 0.3) is 0 Å². The van der Waals surface area contributed by atoms with Crippen molar-refractivity contribution in [3.8, 4) is 0 Å². The SMILES string of the molecule is CN(C)CCNc1nccc(N(Cc2ccccc2)c2ccccc2)n1. The number of rotatable bonds is 8. The number of hydrogen-bond donors (Lipinski definition) is 1. The maximum absolute atomic E-state index is 4.73. The van der Waals surface area contributed by atoms with E-state index in [2.05, 4.69) is 70.6 Å². The topological polar surface area (TPSA) is 44.3 Å². The maximum atomic E-state index is 4.73. The molecule has 5 nitrogen and oxygen atoms in total. The van der Waals surface area contributed by atoms with Crippen molar-refractivity contribution < 1.29 is 0 Å². The third-order valence-corrected chi connectivity index (χ3v) is 4.01. The van der Waals surface area contributed by atoms with Gasteiger partial charge in [-0.3, -0.25) is 0 Å². The lowest BCUT2D eigenvalue weighted by molar-refractivity contribution is 0.425. The van der Waals surface area contributed by atoms with E-state index >= 15 is 0 Å². The first-order valence-electron chi connectivity index (χ1n) is 8.80. The van der Waals surface area contributed by atoms with E-state index in [4.69, 9.17) is 4.98 Å². The molecule has 0 atom stereocenters. The third-order valence-electron chi connectivity index (χ3n) is 4.01. The number of nitrogens with zero attached hydrogens (tertiary/aromatic N) is 4. The summed E-state index contributed by atoms with van der Waals surface area (Å²) >= 11 is 0. The molecule has 1 heterocycles. The van der Waals surface area contributed by atoms with Crippen molar-refractivity contribution in [3.63, 3.8) is 0 Å². The van der Waals surface area contributed by atoms with Crippen molar-refractivity contribution in [1.29, 1.82) is 0 Å². The van der Waals surface area contributed by atoms with Gasteiger partial charge < -0.3 is 15.1 Å². The molecule has 0 unspecified atom stereocenters. The Morgan fingerprint density at radius 1 is 0.885 bits per heavy atom. The predicted molar refractivity (Wildman–Crippen MR) is 108 cm³/mol. The highest BCUT2D eigenvalue weighted by molar-refractivity contribution is 5.60. The van der Waals surface area contributed by atoms with Crippen molar-refractivity contribution in [2.75, 3.05) is 37.4 Å². The van der Waals surface area contributed by atoms with Crippen LogP contribution in [0.5, 0.6) is 0 Å². The average molecular weight is 347 g/mol. The van der Waals surface area contributed by atoms with E-state index in [-0.39, 0.29) is 0 Å². The quantitative estimate of drug-likeness (QED) is 0.672. The monoisotopic (exact) mass is 347 g/mol. The second kappa shape index (κ2) is 8.97. The van der Waals surface area contributed by atoms with E-state index in [0.717, 1.165) is 31.1 Å². The summed E-state index contributed by atoms with van der Waals surface area (Å²) in [6.07, 6.45) is 1.81. The largest absolute Gasteiger partial charge is 0.353 e. The zero-order chi connectivity index (χ0) is 18.2. The Bertz CT molecular complexity index is 790. The van der Waals surface area contributed by atoms with Crippen LogP contribution in [0.4, 0.5) is 17.5 Å². The summed E-state index contributed by atoms with van der Waals surface area (Å²) in [5, 5.41) is 3.30. The minimum absolute atomic E-state index is 0.651. The predicted octanol–water partition coefficient (Wildman–Crippen LogP) is 3.79. The van der Waals surface area contributed by atoms with Gasteiger partial charge in [-0.2, -0.15) is 4.98 Å². The molecule has 0 amide bonds. The molecule has 2 aromatic carbocycles. The van der Waals surface area contributed by atoms with Crippen LogP contribution >= 0.6 is 0 Å². The van der Waals surface area contributed by atoms with E-state index in [1.807, 2.05) is 30.3 Å². The zero-order valence-corrected chi connectivity index (χ0v) is 15.3. The Hall–Kier alpha value is -2.92. The highest BCUT2D eigenvalue weighted by atomic mass is 15.2. The molecule has 0 bridgehead atoms. The second-order valence-corrected chi connectivity index (χ2v) is 6.38. The van der Waals surface area contributed by atoms with Crippen molar-refractivity contribution in [2.45, 2.75) is 6.54 Å². The molecule has 1 aromatic heterocycles. The first-order valence-corrected chi connectivity index (χ1v) is 8.80. The van der Waals surface area contributed by atoms with Crippen molar-refractivity contribution in [3.05, 3.63) is 78.5 Å². The van der Waals surface area contributed by atoms with Crippen molar-refractivity contribution in [2.24, 2.45) is 0 Å². The fourth-order valence-electron chi connectivity index (χ4n) is 2.65. The van der Waals surface area contributed by atoms with Gasteiger partial charge in [0.2, 0.25) is 5.95 Å². The van der Waals surface area contributed by atoms with Gasteiger partial charge >= 0.3 is 0 Å². The number of para-hydroxylation sites is 1. The highest BCUT2D eigenvalue weighted by Crippen LogP contribution is 2.26. The summed E-state index contributed by atoms with van der Waals surface area (Å²) in [4.78, 5) is 13.4. The average Bonchev–Trinajstić information content (AvgIpc) is 2.67. The van der Waals surface area contributed by atoms with Gasteiger partial charge in [-0.1, -0.05) is 48.5 Å². The lowest BCUT2D eigenvalue weighted by Gasteiger charge is -2.24. The van der Waals surface area contributed by atoms with Crippen LogP contribution in [0.25, 0.3) is 0 Å². The number of aromatic nitrogens is 2. The van der Waals surface area contributed by atoms with E-state index in [0.29, 0.717) is 5.95 Å². The van der Waals surface area contributed by atoms with Crippen molar-refractivity contribution in [1.82, 2.24) is 14.9 Å². The zero-order valence-electron chi connectivity index (χ0n) is 15.3. The first-order chi connectivity index (χ1) is 12.7. The van der Waals surface area contributed by atoms with Gasteiger partial charge in [-0.15, -0.1) is 0 Å². The Morgan fingerprint density at radius 2 is 1.58 bits per heavy atom. The van der Waals surface area contributed by atoms with Crippen LogP contribution in [0.2, 0.25) is 0 Å². The summed E-state index contributed by atoms with van der Waals surface area (Å²) in [6.45, 7) is 2.49. The molecule has 0 radical (unpaired) electrons. The Kier molecular flexibility index (Phi) is 6.17. The van der Waals surface area contributed by atoms with Crippen LogP contribution in [0.1, 0.15) is 5.56 Å². The second-order valence-electron chi connectivity index (χ2n) is 6.38. The van der Waals surface area contributed by atoms with E-state index in [9.17, 15) is 0 Å². The molecule has 3 aromatic rings. The van der Waals surface area contributed by atoms with Gasteiger partial charge in [0.05, 0.1) is 0 Å². The molecule has 26 heavy (non-hydrogen) atoms. The lowest BCUT2D eigenvalue weighted by Crippen LogP contribution is -2.22. The van der Waals surface area contributed by atoms with E-state index in [1.165, 1.54) is 5.56 Å². The molecule has 0 aliphatic heterocycles. The van der Waals surface area contributed by atoms with Gasteiger partial charge in [-0.25, -0.2) is 4.98 Å². The van der Waals surface area contributed by atoms with Gasteiger partial charge in [-0.05, 0) is 37.9 Å². The fraction of sp³-hybridized carbons (Fsp3) is 0.238. The summed E-state index contributed by atoms with van der Waals surface area (Å²) in [7, 11) is 4.10. The molecular formula is C21H25N5. The van der Waals surface area contributed by atoms with Gasteiger partial charge in [0.15, 0.2) is 0 Å². The summed E-state index contributed by atoms with van der Waals surface area (Å²) < 4.78 is 0. The number of anilines is 3. The van der Waals surface area contributed by atoms with Crippen LogP contribution in [0.3, 0.4) is 0 Å². The maximum Gasteiger partial charge on any atom is 0.224 e. The molecule has 0 saturated heterocycles. The molecule has 3 rings (SSSR count). The third kappa shape index (κ3) is 5.04. The molecular weight excluding hydrogens is 322 g/mol. The molecule has 0 fully saturated rings. The number of hydrogen-bond acceptors (Lipinski definition) is 5. The van der Waals surface area contributed by atoms with Crippen LogP contribution in [-0.4, -0.2) is 42.1 Å². The van der Waals surface area contributed by atoms with Crippen LogP contribution in [-0.2, 0) is 6.54 Å². The number of benzene rings is 2. The Morgan fingerprint density at radius 3 is 2.27 bits per heavy atom. The van der Waals surface area contributed by atoms with Crippen LogP contribution in [0.15, 0.2) is 72.9 Å². The molecule has 5 heteroatoms. The minimum Gasteiger partial charge on any atom is -0.353 e. The highest BCUT2D eigenvalue weighted by Gasteiger charge is 2.12. The van der Waals surface area contributed by atoms with Crippen LogP contribution < -0.4 is 10.2 Å². The summed E-state index contributed by atoms with van der Waals surface area (Å²) in [6, 6.07) is 22.7. The normalized spacial score (nSPS) is 10.7. The number of nitrogens with one attached hydrogen (secondary N) is 1. The molecule has 1 N–H and O–H groups in total. The van der Waals surface area contributed by atoms with E-state index < -0.39 is 0 Å². The summed E-state index contributed by atoms with van der Waals surface area (Å²) in [5.74, 6) is 1.53. The van der Waals surface area contributed by atoms with Crippen LogP contribution in [0, 0.1) is 0 Å². The smallest absolute Gasteiger partial charge is 0.224 e. The molecule has 0 saturated carbocycles. The van der Waals surface area contributed by atoms with Gasteiger partial charge in [0.1, 0.15) is 5.82 Å². The fourth-order valence-corrected chi connectivity index (χ4v) is 2.65. The first kappa shape index (κ1) is 17.9. The minimum atomic E-state index is 0.651. The molecule has 0 aliphatic carbocycles. The Labute approximate surface area is 155 Å².